The number of carbonyl (C=O) groups excluding carboxylic acids is 3. The number of rotatable bonds is 6. The van der Waals surface area contributed by atoms with Gasteiger partial charge in [0.2, 0.25) is 0 Å². The lowest BCUT2D eigenvalue weighted by atomic mass is 10.1. The Morgan fingerprint density at radius 1 is 1.16 bits per heavy atom. The monoisotopic (exact) mass is 551 g/mol. The number of halogens is 2. The fourth-order valence-electron chi connectivity index (χ4n) is 2.81. The van der Waals surface area contributed by atoms with Crippen molar-refractivity contribution in [2.24, 2.45) is 0 Å². The molecular formula is C20H15Br2N3O6. The van der Waals surface area contributed by atoms with Gasteiger partial charge in [0.1, 0.15) is 11.3 Å². The van der Waals surface area contributed by atoms with Gasteiger partial charge in [-0.3, -0.25) is 25.0 Å². The fraction of sp³-hybridized carbons (Fsp3) is 0.150. The van der Waals surface area contributed by atoms with Crippen LogP contribution in [0.3, 0.4) is 0 Å². The molecule has 0 saturated carbocycles. The molecule has 0 atom stereocenters. The predicted octanol–water partition coefficient (Wildman–Crippen LogP) is 4.58. The van der Waals surface area contributed by atoms with Crippen LogP contribution in [0, 0.1) is 10.1 Å². The lowest BCUT2D eigenvalue weighted by Crippen LogP contribution is -2.54. The molecular weight excluding hydrogens is 538 g/mol. The Morgan fingerprint density at radius 3 is 2.45 bits per heavy atom. The molecule has 0 spiro atoms. The zero-order chi connectivity index (χ0) is 22.7. The van der Waals surface area contributed by atoms with Crippen LogP contribution in [0.1, 0.15) is 18.9 Å². The van der Waals surface area contributed by atoms with Crippen molar-refractivity contribution in [3.8, 4) is 5.75 Å². The summed E-state index contributed by atoms with van der Waals surface area (Å²) in [4.78, 5) is 48.8. The summed E-state index contributed by atoms with van der Waals surface area (Å²) < 4.78 is 7.05. The SMILES string of the molecule is CCCOc1c(Br)cc(Br)cc1/C=C1\C(=O)NC(=O)N(c2ccc([N+](=O)[O-])cc2)C1=O. The van der Waals surface area contributed by atoms with Crippen molar-refractivity contribution >= 4 is 67.2 Å². The Labute approximate surface area is 193 Å². The number of hydrogen-bond acceptors (Lipinski definition) is 6. The number of non-ortho nitro benzene ring substituents is 1. The third kappa shape index (κ3) is 4.83. The first-order chi connectivity index (χ1) is 14.7. The number of carbonyl (C=O) groups is 3. The number of benzene rings is 2. The fourth-order valence-corrected chi connectivity index (χ4v) is 4.19. The Bertz CT molecular complexity index is 1110. The Morgan fingerprint density at radius 2 is 1.84 bits per heavy atom. The van der Waals surface area contributed by atoms with E-state index in [-0.39, 0.29) is 16.9 Å². The van der Waals surface area contributed by atoms with Crippen molar-refractivity contribution in [3.63, 3.8) is 0 Å². The van der Waals surface area contributed by atoms with E-state index in [1.54, 1.807) is 12.1 Å². The smallest absolute Gasteiger partial charge is 0.335 e. The van der Waals surface area contributed by atoms with Crippen LogP contribution >= 0.6 is 31.9 Å². The predicted molar refractivity (Wildman–Crippen MR) is 120 cm³/mol. The molecule has 0 aliphatic carbocycles. The highest BCUT2D eigenvalue weighted by molar-refractivity contribution is 9.11. The van der Waals surface area contributed by atoms with Gasteiger partial charge in [-0.1, -0.05) is 22.9 Å². The van der Waals surface area contributed by atoms with Gasteiger partial charge in [0.25, 0.3) is 17.5 Å². The lowest BCUT2D eigenvalue weighted by Gasteiger charge is -2.26. The second-order valence-corrected chi connectivity index (χ2v) is 8.16. The molecule has 0 aromatic heterocycles. The van der Waals surface area contributed by atoms with Gasteiger partial charge in [-0.05, 0) is 52.7 Å². The van der Waals surface area contributed by atoms with E-state index in [1.165, 1.54) is 18.2 Å². The first-order valence-corrected chi connectivity index (χ1v) is 10.6. The number of nitro benzene ring substituents is 1. The van der Waals surface area contributed by atoms with E-state index in [4.69, 9.17) is 4.74 Å². The minimum absolute atomic E-state index is 0.0874. The van der Waals surface area contributed by atoms with Crippen molar-refractivity contribution in [2.75, 3.05) is 11.5 Å². The van der Waals surface area contributed by atoms with Crippen LogP contribution in [0.2, 0.25) is 0 Å². The molecule has 2 aromatic rings. The van der Waals surface area contributed by atoms with E-state index in [9.17, 15) is 24.5 Å². The van der Waals surface area contributed by atoms with Gasteiger partial charge in [0, 0.05) is 22.2 Å². The zero-order valence-corrected chi connectivity index (χ0v) is 19.2. The van der Waals surface area contributed by atoms with Gasteiger partial charge >= 0.3 is 6.03 Å². The summed E-state index contributed by atoms with van der Waals surface area (Å²) in [5, 5.41) is 13.0. The molecule has 31 heavy (non-hydrogen) atoms. The average molecular weight is 553 g/mol. The van der Waals surface area contributed by atoms with Crippen LogP contribution in [-0.4, -0.2) is 29.4 Å². The Hall–Kier alpha value is -3.05. The molecule has 1 saturated heterocycles. The second kappa shape index (κ2) is 9.40. The third-order valence-corrected chi connectivity index (χ3v) is 5.25. The third-order valence-electron chi connectivity index (χ3n) is 4.21. The van der Waals surface area contributed by atoms with Crippen molar-refractivity contribution in [2.45, 2.75) is 13.3 Å². The molecule has 9 nitrogen and oxygen atoms in total. The number of imide groups is 2. The summed E-state index contributed by atoms with van der Waals surface area (Å²) in [6.07, 6.45) is 2.09. The summed E-state index contributed by atoms with van der Waals surface area (Å²) in [5.41, 5.74) is 0.0528. The molecule has 160 valence electrons. The summed E-state index contributed by atoms with van der Waals surface area (Å²) in [7, 11) is 0. The van der Waals surface area contributed by atoms with E-state index < -0.39 is 22.8 Å². The summed E-state index contributed by atoms with van der Waals surface area (Å²) >= 11 is 6.78. The molecule has 0 unspecified atom stereocenters. The maximum Gasteiger partial charge on any atom is 0.335 e. The van der Waals surface area contributed by atoms with Crippen LogP contribution in [0.4, 0.5) is 16.2 Å². The highest BCUT2D eigenvalue weighted by atomic mass is 79.9. The van der Waals surface area contributed by atoms with Crippen molar-refractivity contribution < 1.29 is 24.0 Å². The topological polar surface area (TPSA) is 119 Å². The van der Waals surface area contributed by atoms with E-state index in [1.807, 2.05) is 6.92 Å². The van der Waals surface area contributed by atoms with Crippen molar-refractivity contribution in [1.29, 1.82) is 0 Å². The van der Waals surface area contributed by atoms with Gasteiger partial charge < -0.3 is 4.74 Å². The van der Waals surface area contributed by atoms with Crippen LogP contribution in [0.15, 0.2) is 50.9 Å². The minimum Gasteiger partial charge on any atom is -0.492 e. The highest BCUT2D eigenvalue weighted by Crippen LogP contribution is 2.35. The first-order valence-electron chi connectivity index (χ1n) is 9.00. The molecule has 1 N–H and O–H groups in total. The molecule has 0 radical (unpaired) electrons. The number of nitrogens with one attached hydrogen (secondary N) is 1. The number of urea groups is 1. The Kier molecular flexibility index (Phi) is 6.86. The quantitative estimate of drug-likeness (QED) is 0.242. The maximum absolute atomic E-state index is 13.0. The molecule has 1 heterocycles. The van der Waals surface area contributed by atoms with Crippen LogP contribution in [0.5, 0.6) is 5.75 Å². The standard InChI is InChI=1S/C20H15Br2N3O6/c1-2-7-31-17-11(8-12(21)10-16(17)22)9-15-18(26)23-20(28)24(19(15)27)13-3-5-14(6-4-13)25(29)30/h3-6,8-10H,2,7H2,1H3,(H,23,26,28)/b15-9+. The number of nitro groups is 1. The first kappa shape index (κ1) is 22.6. The molecule has 0 bridgehead atoms. The van der Waals surface area contributed by atoms with Gasteiger partial charge in [-0.25, -0.2) is 9.69 Å². The minimum atomic E-state index is -0.945. The highest BCUT2D eigenvalue weighted by Gasteiger charge is 2.37. The largest absolute Gasteiger partial charge is 0.492 e. The average Bonchev–Trinajstić information content (AvgIpc) is 2.70. The van der Waals surface area contributed by atoms with E-state index in [0.29, 0.717) is 26.9 Å². The van der Waals surface area contributed by atoms with Gasteiger partial charge in [0.15, 0.2) is 0 Å². The number of anilines is 1. The molecule has 11 heteroatoms. The molecule has 1 aliphatic rings. The van der Waals surface area contributed by atoms with Crippen LogP contribution < -0.4 is 15.0 Å². The maximum atomic E-state index is 13.0. The molecule has 1 aliphatic heterocycles. The molecule has 4 amide bonds. The molecule has 3 rings (SSSR count). The number of hydrogen-bond donors (Lipinski definition) is 1. The molecule has 2 aromatic carbocycles. The van der Waals surface area contributed by atoms with E-state index >= 15 is 0 Å². The summed E-state index contributed by atoms with van der Waals surface area (Å²) in [6, 6.07) is 7.34. The van der Waals surface area contributed by atoms with E-state index in [0.717, 1.165) is 23.5 Å². The van der Waals surface area contributed by atoms with Crippen molar-refractivity contribution in [3.05, 3.63) is 66.6 Å². The number of ether oxygens (including phenoxy) is 1. The lowest BCUT2D eigenvalue weighted by molar-refractivity contribution is -0.384. The van der Waals surface area contributed by atoms with Gasteiger partial charge in [0.05, 0.1) is 21.7 Å². The van der Waals surface area contributed by atoms with Gasteiger partial charge in [-0.15, -0.1) is 0 Å². The number of barbiturate groups is 1. The number of nitrogens with zero attached hydrogens (tertiary/aromatic N) is 2. The second-order valence-electron chi connectivity index (χ2n) is 6.39. The normalized spacial score (nSPS) is 15.3. The van der Waals surface area contributed by atoms with E-state index in [2.05, 4.69) is 37.2 Å². The van der Waals surface area contributed by atoms with Gasteiger partial charge in [-0.2, -0.15) is 0 Å². The summed E-state index contributed by atoms with van der Waals surface area (Å²) in [6.45, 7) is 2.36. The Balaban J connectivity index is 2.04. The zero-order valence-electron chi connectivity index (χ0n) is 16.1. The molecule has 1 fully saturated rings. The van der Waals surface area contributed by atoms with Crippen molar-refractivity contribution in [1.82, 2.24) is 5.32 Å². The van der Waals surface area contributed by atoms with Crippen LogP contribution in [0.25, 0.3) is 6.08 Å². The summed E-state index contributed by atoms with van der Waals surface area (Å²) in [5.74, 6) is -1.28. The number of amides is 4. The van der Waals surface area contributed by atoms with Crippen LogP contribution in [-0.2, 0) is 9.59 Å².